The van der Waals surface area contributed by atoms with Gasteiger partial charge in [0, 0.05) is 18.0 Å². The van der Waals surface area contributed by atoms with Crippen molar-refractivity contribution in [3.05, 3.63) is 69.1 Å². The van der Waals surface area contributed by atoms with E-state index in [1.807, 2.05) is 38.1 Å². The Morgan fingerprint density at radius 3 is 2.52 bits per heavy atom. The molecule has 3 rings (SSSR count). The summed E-state index contributed by atoms with van der Waals surface area (Å²) in [5.41, 5.74) is 4.61. The molecule has 0 saturated heterocycles. The van der Waals surface area contributed by atoms with Crippen LogP contribution in [-0.2, 0) is 13.0 Å². The Morgan fingerprint density at radius 2 is 1.78 bits per heavy atom. The molecule has 1 aromatic heterocycles. The van der Waals surface area contributed by atoms with E-state index >= 15 is 0 Å². The molecule has 5 heteroatoms. The number of hydrogen-bond donors (Lipinski definition) is 1. The summed E-state index contributed by atoms with van der Waals surface area (Å²) in [6.45, 7) is 5.39. The molecule has 0 amide bonds. The van der Waals surface area contributed by atoms with Crippen molar-refractivity contribution in [3.63, 3.8) is 0 Å². The summed E-state index contributed by atoms with van der Waals surface area (Å²) in [7, 11) is 3.26. The summed E-state index contributed by atoms with van der Waals surface area (Å²) in [6, 6.07) is 11.6. The van der Waals surface area contributed by atoms with Crippen LogP contribution >= 0.6 is 0 Å². The second kappa shape index (κ2) is 8.27. The standard InChI is InChI=1S/C22H25NO4/c1-14-5-7-18-17(12-21(24)27-22(18)15(14)2)13-23-10-9-16-6-8-19(25-3)20(11-16)26-4/h5-8,11-12,23H,9-10,13H2,1-4H3. The smallest absolute Gasteiger partial charge is 0.336 e. The molecule has 0 aliphatic heterocycles. The molecule has 2 aromatic carbocycles. The van der Waals surface area contributed by atoms with E-state index in [2.05, 4.69) is 11.4 Å². The quantitative estimate of drug-likeness (QED) is 0.509. The predicted molar refractivity (Wildman–Crippen MR) is 107 cm³/mol. The number of benzene rings is 2. The molecule has 0 aliphatic carbocycles. The molecule has 0 fully saturated rings. The second-order valence-corrected chi connectivity index (χ2v) is 6.59. The monoisotopic (exact) mass is 367 g/mol. The van der Waals surface area contributed by atoms with Crippen LogP contribution in [0.25, 0.3) is 11.0 Å². The van der Waals surface area contributed by atoms with Crippen molar-refractivity contribution in [3.8, 4) is 11.5 Å². The molecule has 0 unspecified atom stereocenters. The Balaban J connectivity index is 1.69. The normalized spacial score (nSPS) is 11.0. The Morgan fingerprint density at radius 1 is 1.00 bits per heavy atom. The van der Waals surface area contributed by atoms with Gasteiger partial charge >= 0.3 is 5.63 Å². The lowest BCUT2D eigenvalue weighted by molar-refractivity contribution is 0.354. The molecular weight excluding hydrogens is 342 g/mol. The topological polar surface area (TPSA) is 60.7 Å². The van der Waals surface area contributed by atoms with Crippen molar-refractivity contribution in [1.29, 1.82) is 0 Å². The van der Waals surface area contributed by atoms with Crippen molar-refractivity contribution in [1.82, 2.24) is 5.32 Å². The number of ether oxygens (including phenoxy) is 2. The molecule has 27 heavy (non-hydrogen) atoms. The molecule has 3 aromatic rings. The van der Waals surface area contributed by atoms with Gasteiger partial charge in [0.05, 0.1) is 14.2 Å². The first kappa shape index (κ1) is 19.0. The number of fused-ring (bicyclic) bond motifs is 1. The highest BCUT2D eigenvalue weighted by Crippen LogP contribution is 2.27. The van der Waals surface area contributed by atoms with E-state index in [-0.39, 0.29) is 5.63 Å². The van der Waals surface area contributed by atoms with Gasteiger partial charge in [-0.05, 0) is 61.2 Å². The summed E-state index contributed by atoms with van der Waals surface area (Å²) in [6.07, 6.45) is 0.845. The first-order valence-corrected chi connectivity index (χ1v) is 8.98. The number of hydrogen-bond acceptors (Lipinski definition) is 5. The van der Waals surface area contributed by atoms with Gasteiger partial charge in [-0.3, -0.25) is 0 Å². The van der Waals surface area contributed by atoms with Crippen molar-refractivity contribution >= 4 is 11.0 Å². The van der Waals surface area contributed by atoms with Crippen LogP contribution in [-0.4, -0.2) is 20.8 Å². The number of aryl methyl sites for hydroxylation is 2. The molecule has 142 valence electrons. The zero-order valence-electron chi connectivity index (χ0n) is 16.2. The van der Waals surface area contributed by atoms with Crippen molar-refractivity contribution in [2.24, 2.45) is 0 Å². The van der Waals surface area contributed by atoms with Gasteiger partial charge in [-0.15, -0.1) is 0 Å². The molecule has 0 bridgehead atoms. The lowest BCUT2D eigenvalue weighted by Crippen LogP contribution is -2.18. The Labute approximate surface area is 158 Å². The maximum atomic E-state index is 11.9. The largest absolute Gasteiger partial charge is 0.493 e. The van der Waals surface area contributed by atoms with Gasteiger partial charge in [-0.25, -0.2) is 4.79 Å². The van der Waals surface area contributed by atoms with E-state index in [1.54, 1.807) is 20.3 Å². The van der Waals surface area contributed by atoms with Crippen LogP contribution in [0, 0.1) is 13.8 Å². The first-order chi connectivity index (χ1) is 13.0. The predicted octanol–water partition coefficient (Wildman–Crippen LogP) is 3.76. The number of nitrogens with one attached hydrogen (secondary N) is 1. The van der Waals surface area contributed by atoms with Crippen LogP contribution in [0.3, 0.4) is 0 Å². The summed E-state index contributed by atoms with van der Waals surface area (Å²) in [5.74, 6) is 1.45. The van der Waals surface area contributed by atoms with Gasteiger partial charge in [0.1, 0.15) is 5.58 Å². The average Bonchev–Trinajstić information content (AvgIpc) is 2.68. The second-order valence-electron chi connectivity index (χ2n) is 6.59. The van der Waals surface area contributed by atoms with Crippen LogP contribution in [0.15, 0.2) is 45.6 Å². The Kier molecular flexibility index (Phi) is 5.81. The first-order valence-electron chi connectivity index (χ1n) is 8.98. The van der Waals surface area contributed by atoms with Gasteiger partial charge in [0.2, 0.25) is 0 Å². The summed E-state index contributed by atoms with van der Waals surface area (Å²) in [5, 5.41) is 4.40. The highest BCUT2D eigenvalue weighted by atomic mass is 16.5. The minimum atomic E-state index is -0.312. The van der Waals surface area contributed by atoms with E-state index in [0.29, 0.717) is 12.1 Å². The van der Waals surface area contributed by atoms with Gasteiger partial charge in [0.15, 0.2) is 11.5 Å². The molecule has 5 nitrogen and oxygen atoms in total. The minimum Gasteiger partial charge on any atom is -0.493 e. The van der Waals surface area contributed by atoms with E-state index in [0.717, 1.165) is 52.1 Å². The summed E-state index contributed by atoms with van der Waals surface area (Å²) in [4.78, 5) is 11.9. The molecule has 0 radical (unpaired) electrons. The molecule has 0 atom stereocenters. The third kappa shape index (κ3) is 4.14. The maximum Gasteiger partial charge on any atom is 0.336 e. The zero-order chi connectivity index (χ0) is 19.4. The van der Waals surface area contributed by atoms with Gasteiger partial charge in [-0.2, -0.15) is 0 Å². The maximum absolute atomic E-state index is 11.9. The van der Waals surface area contributed by atoms with Crippen molar-refractivity contribution < 1.29 is 13.9 Å². The Hall–Kier alpha value is -2.79. The fourth-order valence-corrected chi connectivity index (χ4v) is 3.16. The average molecular weight is 367 g/mol. The molecule has 0 saturated carbocycles. The fourth-order valence-electron chi connectivity index (χ4n) is 3.16. The zero-order valence-corrected chi connectivity index (χ0v) is 16.2. The van der Waals surface area contributed by atoms with Crippen LogP contribution < -0.4 is 20.4 Å². The van der Waals surface area contributed by atoms with Crippen LogP contribution in [0.2, 0.25) is 0 Å². The van der Waals surface area contributed by atoms with Crippen molar-refractivity contribution in [2.45, 2.75) is 26.8 Å². The number of methoxy groups -OCH3 is 2. The minimum absolute atomic E-state index is 0.312. The van der Waals surface area contributed by atoms with E-state index in [9.17, 15) is 4.79 Å². The molecule has 0 spiro atoms. The third-order valence-electron chi connectivity index (χ3n) is 4.87. The van der Waals surface area contributed by atoms with Gasteiger partial charge in [-0.1, -0.05) is 18.2 Å². The van der Waals surface area contributed by atoms with E-state index in [1.165, 1.54) is 0 Å². The lowest BCUT2D eigenvalue weighted by Gasteiger charge is -2.11. The third-order valence-corrected chi connectivity index (χ3v) is 4.87. The van der Waals surface area contributed by atoms with Crippen LogP contribution in [0.4, 0.5) is 0 Å². The highest BCUT2D eigenvalue weighted by Gasteiger charge is 2.09. The fraction of sp³-hybridized carbons (Fsp3) is 0.318. The van der Waals surface area contributed by atoms with Crippen LogP contribution in [0.1, 0.15) is 22.3 Å². The molecule has 0 aliphatic rings. The van der Waals surface area contributed by atoms with E-state index < -0.39 is 0 Å². The molecule has 1 N–H and O–H groups in total. The van der Waals surface area contributed by atoms with Crippen molar-refractivity contribution in [2.75, 3.05) is 20.8 Å². The van der Waals surface area contributed by atoms with Gasteiger partial charge < -0.3 is 19.2 Å². The van der Waals surface area contributed by atoms with E-state index in [4.69, 9.17) is 13.9 Å². The van der Waals surface area contributed by atoms with Crippen LogP contribution in [0.5, 0.6) is 11.5 Å². The Bertz CT molecular complexity index is 1010. The van der Waals surface area contributed by atoms with Gasteiger partial charge in [0.25, 0.3) is 0 Å². The molecular formula is C22H25NO4. The summed E-state index contributed by atoms with van der Waals surface area (Å²) >= 11 is 0. The molecule has 1 heterocycles. The number of rotatable bonds is 7. The lowest BCUT2D eigenvalue weighted by atomic mass is 10.0. The highest BCUT2D eigenvalue weighted by molar-refractivity contribution is 5.83. The SMILES string of the molecule is COc1ccc(CCNCc2cc(=O)oc3c(C)c(C)ccc23)cc1OC. The summed E-state index contributed by atoms with van der Waals surface area (Å²) < 4.78 is 16.0.